The van der Waals surface area contributed by atoms with Crippen LogP contribution in [0.1, 0.15) is 26.7 Å². The minimum absolute atomic E-state index is 0.198. The molecule has 0 aromatic carbocycles. The molecule has 2 heteroatoms. The summed E-state index contributed by atoms with van der Waals surface area (Å²) in [6.07, 6.45) is 6.74. The van der Waals surface area contributed by atoms with Crippen LogP contribution < -0.4 is 0 Å². The van der Waals surface area contributed by atoms with Crippen LogP contribution in [0.25, 0.3) is 0 Å². The summed E-state index contributed by atoms with van der Waals surface area (Å²) in [6.45, 7) is 4.43. The van der Waals surface area contributed by atoms with Gasteiger partial charge in [-0.15, -0.1) is 0 Å². The van der Waals surface area contributed by atoms with E-state index in [1.54, 1.807) is 0 Å². The van der Waals surface area contributed by atoms with Crippen LogP contribution in [-0.4, -0.2) is 8.65 Å². The smallest absolute Gasteiger partial charge is 0.0421 e. The van der Waals surface area contributed by atoms with Crippen molar-refractivity contribution in [2.45, 2.75) is 35.3 Å². The Bertz CT molecular complexity index is 157. The number of rotatable bonds is 0. The van der Waals surface area contributed by atoms with E-state index in [2.05, 4.69) is 57.9 Å². The Labute approximate surface area is 79.3 Å². The van der Waals surface area contributed by atoms with E-state index in [-0.39, 0.29) is 4.32 Å². The van der Waals surface area contributed by atoms with Crippen molar-refractivity contribution in [1.29, 1.82) is 0 Å². The SMILES string of the molecule is CC1(Br)C=CCC(C)(Br)C1. The summed E-state index contributed by atoms with van der Waals surface area (Å²) < 4.78 is 0.490. The molecule has 0 aliphatic heterocycles. The van der Waals surface area contributed by atoms with E-state index in [1.807, 2.05) is 0 Å². The Morgan fingerprint density at radius 2 is 1.90 bits per heavy atom. The van der Waals surface area contributed by atoms with Crippen molar-refractivity contribution >= 4 is 31.9 Å². The quantitative estimate of drug-likeness (QED) is 0.464. The Morgan fingerprint density at radius 1 is 1.30 bits per heavy atom. The van der Waals surface area contributed by atoms with Crippen molar-refractivity contribution < 1.29 is 0 Å². The molecule has 0 bridgehead atoms. The highest BCUT2D eigenvalue weighted by atomic mass is 79.9. The summed E-state index contributed by atoms with van der Waals surface area (Å²) in [4.78, 5) is 0. The normalized spacial score (nSPS) is 47.6. The molecule has 0 nitrogen and oxygen atoms in total. The van der Waals surface area contributed by atoms with Crippen LogP contribution in [0.4, 0.5) is 0 Å². The lowest BCUT2D eigenvalue weighted by Gasteiger charge is -2.33. The van der Waals surface area contributed by atoms with Crippen molar-refractivity contribution in [3.63, 3.8) is 0 Å². The molecule has 58 valence electrons. The first kappa shape index (κ1) is 8.79. The molecule has 1 aliphatic rings. The predicted molar refractivity (Wildman–Crippen MR) is 53.0 cm³/mol. The highest BCUT2D eigenvalue weighted by molar-refractivity contribution is 9.10. The first-order chi connectivity index (χ1) is 4.41. The molecule has 0 amide bonds. The third-order valence-corrected chi connectivity index (χ3v) is 2.87. The van der Waals surface area contributed by atoms with Crippen LogP contribution in [0.5, 0.6) is 0 Å². The molecule has 2 unspecified atom stereocenters. The molecule has 0 saturated heterocycles. The molecule has 0 N–H and O–H groups in total. The fourth-order valence-electron chi connectivity index (χ4n) is 1.40. The van der Waals surface area contributed by atoms with Crippen molar-refractivity contribution in [3.8, 4) is 0 Å². The highest BCUT2D eigenvalue weighted by Gasteiger charge is 2.32. The molecule has 0 fully saturated rings. The number of hydrogen-bond donors (Lipinski definition) is 0. The second-order valence-electron chi connectivity index (χ2n) is 3.47. The number of alkyl halides is 2. The van der Waals surface area contributed by atoms with Crippen LogP contribution in [0, 0.1) is 0 Å². The molecule has 0 aromatic rings. The van der Waals surface area contributed by atoms with Gasteiger partial charge >= 0.3 is 0 Å². The van der Waals surface area contributed by atoms with Gasteiger partial charge in [-0.1, -0.05) is 44.0 Å². The standard InChI is InChI=1S/C8H12Br2/c1-7(9)4-3-5-8(2,10)6-7/h3-4H,5-6H2,1-2H3. The lowest BCUT2D eigenvalue weighted by Crippen LogP contribution is -2.29. The second kappa shape index (κ2) is 2.63. The molecule has 0 heterocycles. The third kappa shape index (κ3) is 2.39. The van der Waals surface area contributed by atoms with Gasteiger partial charge < -0.3 is 0 Å². The van der Waals surface area contributed by atoms with E-state index in [4.69, 9.17) is 0 Å². The van der Waals surface area contributed by atoms with Crippen LogP contribution in [0.3, 0.4) is 0 Å². The zero-order valence-electron chi connectivity index (χ0n) is 6.32. The monoisotopic (exact) mass is 266 g/mol. The van der Waals surface area contributed by atoms with E-state index in [1.165, 1.54) is 0 Å². The molecule has 0 spiro atoms. The zero-order chi connectivity index (χ0) is 7.83. The van der Waals surface area contributed by atoms with Gasteiger partial charge in [0, 0.05) is 8.65 Å². The molecule has 0 saturated carbocycles. The maximum absolute atomic E-state index is 3.69. The first-order valence-corrected chi connectivity index (χ1v) is 5.05. The molecule has 1 rings (SSSR count). The van der Waals surface area contributed by atoms with Crippen LogP contribution in [-0.2, 0) is 0 Å². The lowest BCUT2D eigenvalue weighted by atomic mass is 9.89. The highest BCUT2D eigenvalue weighted by Crippen LogP contribution is 2.40. The largest absolute Gasteiger partial charge is 0.0858 e. The van der Waals surface area contributed by atoms with Gasteiger partial charge in [-0.2, -0.15) is 0 Å². The minimum Gasteiger partial charge on any atom is -0.0858 e. The summed E-state index contributed by atoms with van der Waals surface area (Å²) in [7, 11) is 0. The molecule has 10 heavy (non-hydrogen) atoms. The maximum Gasteiger partial charge on any atom is 0.0421 e. The van der Waals surface area contributed by atoms with Crippen molar-refractivity contribution in [1.82, 2.24) is 0 Å². The summed E-state index contributed by atoms with van der Waals surface area (Å²) in [6, 6.07) is 0. The average Bonchev–Trinajstić information content (AvgIpc) is 1.56. The minimum atomic E-state index is 0.198. The summed E-state index contributed by atoms with van der Waals surface area (Å²) >= 11 is 7.34. The average molecular weight is 268 g/mol. The number of halogens is 2. The second-order valence-corrected chi connectivity index (χ2v) is 7.20. The van der Waals surface area contributed by atoms with Gasteiger partial charge in [0.05, 0.1) is 0 Å². The lowest BCUT2D eigenvalue weighted by molar-refractivity contribution is 0.534. The van der Waals surface area contributed by atoms with Gasteiger partial charge in [-0.3, -0.25) is 0 Å². The molecular weight excluding hydrogens is 256 g/mol. The maximum atomic E-state index is 3.69. The number of allylic oxidation sites excluding steroid dienone is 2. The van der Waals surface area contributed by atoms with Gasteiger partial charge in [0.2, 0.25) is 0 Å². The predicted octanol–water partition coefficient (Wildman–Crippen LogP) is 3.64. The van der Waals surface area contributed by atoms with E-state index in [0.29, 0.717) is 4.32 Å². The van der Waals surface area contributed by atoms with E-state index < -0.39 is 0 Å². The molecule has 0 radical (unpaired) electrons. The van der Waals surface area contributed by atoms with Gasteiger partial charge in [-0.25, -0.2) is 0 Å². The third-order valence-electron chi connectivity index (χ3n) is 1.72. The molecule has 0 aromatic heterocycles. The van der Waals surface area contributed by atoms with Gasteiger partial charge in [0.1, 0.15) is 0 Å². The van der Waals surface area contributed by atoms with Crippen molar-refractivity contribution in [2.24, 2.45) is 0 Å². The van der Waals surface area contributed by atoms with Gasteiger partial charge in [0.15, 0.2) is 0 Å². The van der Waals surface area contributed by atoms with E-state index in [9.17, 15) is 0 Å². The van der Waals surface area contributed by atoms with Crippen molar-refractivity contribution in [2.75, 3.05) is 0 Å². The fraction of sp³-hybridized carbons (Fsp3) is 0.750. The molecule has 1 aliphatic carbocycles. The van der Waals surface area contributed by atoms with Crippen LogP contribution >= 0.6 is 31.9 Å². The molecular formula is C8H12Br2. The van der Waals surface area contributed by atoms with E-state index in [0.717, 1.165) is 12.8 Å². The Morgan fingerprint density at radius 3 is 2.20 bits per heavy atom. The Hall–Kier alpha value is 0.700. The van der Waals surface area contributed by atoms with Gasteiger partial charge in [-0.05, 0) is 26.7 Å². The Kier molecular flexibility index (Phi) is 2.31. The number of hydrogen-bond acceptors (Lipinski definition) is 0. The zero-order valence-corrected chi connectivity index (χ0v) is 9.50. The van der Waals surface area contributed by atoms with E-state index >= 15 is 0 Å². The van der Waals surface area contributed by atoms with Gasteiger partial charge in [0.25, 0.3) is 0 Å². The summed E-state index contributed by atoms with van der Waals surface area (Å²) in [5.41, 5.74) is 0. The Balaban J connectivity index is 2.73. The van der Waals surface area contributed by atoms with Crippen LogP contribution in [0.2, 0.25) is 0 Å². The fourth-order valence-corrected chi connectivity index (χ4v) is 3.35. The van der Waals surface area contributed by atoms with Crippen molar-refractivity contribution in [3.05, 3.63) is 12.2 Å². The van der Waals surface area contributed by atoms with Crippen LogP contribution in [0.15, 0.2) is 12.2 Å². The molecule has 2 atom stereocenters. The summed E-state index contributed by atoms with van der Waals surface area (Å²) in [5, 5.41) is 0. The summed E-state index contributed by atoms with van der Waals surface area (Å²) in [5.74, 6) is 0. The first-order valence-electron chi connectivity index (χ1n) is 3.47. The topological polar surface area (TPSA) is 0 Å².